The zero-order chi connectivity index (χ0) is 20.6. The molecule has 2 aliphatic rings. The number of hydrogen-bond acceptors (Lipinski definition) is 5. The highest BCUT2D eigenvalue weighted by Crippen LogP contribution is 2.31. The summed E-state index contributed by atoms with van der Waals surface area (Å²) >= 11 is 5.90. The van der Waals surface area contributed by atoms with Crippen molar-refractivity contribution in [1.82, 2.24) is 19.9 Å². The lowest BCUT2D eigenvalue weighted by Gasteiger charge is -2.34. The summed E-state index contributed by atoms with van der Waals surface area (Å²) < 4.78 is 43.4. The van der Waals surface area contributed by atoms with Crippen molar-refractivity contribution in [3.05, 3.63) is 35.2 Å². The Labute approximate surface area is 170 Å². The number of carbonyl (C=O) groups is 1. The first kappa shape index (κ1) is 20.2. The predicted molar refractivity (Wildman–Crippen MR) is 99.3 cm³/mol. The van der Waals surface area contributed by atoms with Gasteiger partial charge in [0.05, 0.1) is 12.0 Å². The minimum atomic E-state index is -4.38. The van der Waals surface area contributed by atoms with Crippen LogP contribution in [-0.2, 0) is 4.79 Å². The molecule has 2 aliphatic heterocycles. The minimum Gasteiger partial charge on any atom is -0.339 e. The number of halogens is 4. The third-order valence-corrected chi connectivity index (χ3v) is 5.68. The molecule has 2 unspecified atom stereocenters. The van der Waals surface area contributed by atoms with Crippen LogP contribution in [0.25, 0.3) is 11.4 Å². The van der Waals surface area contributed by atoms with Crippen molar-refractivity contribution in [2.75, 3.05) is 26.2 Å². The maximum absolute atomic E-state index is 12.7. The maximum Gasteiger partial charge on any atom is 0.406 e. The summed E-state index contributed by atoms with van der Waals surface area (Å²) in [6.45, 7) is 0.128. The van der Waals surface area contributed by atoms with E-state index < -0.39 is 24.7 Å². The molecule has 1 amide bonds. The lowest BCUT2D eigenvalue weighted by molar-refractivity contribution is -0.159. The largest absolute Gasteiger partial charge is 0.406 e. The van der Waals surface area contributed by atoms with Crippen molar-refractivity contribution in [3.63, 3.8) is 0 Å². The van der Waals surface area contributed by atoms with E-state index in [1.807, 2.05) is 4.90 Å². The average molecular weight is 429 g/mol. The smallest absolute Gasteiger partial charge is 0.339 e. The van der Waals surface area contributed by atoms with Gasteiger partial charge in [0, 0.05) is 23.7 Å². The van der Waals surface area contributed by atoms with Crippen LogP contribution in [0.1, 0.15) is 31.1 Å². The van der Waals surface area contributed by atoms with E-state index >= 15 is 0 Å². The van der Waals surface area contributed by atoms with Crippen LogP contribution in [0.2, 0.25) is 5.02 Å². The molecule has 4 rings (SSSR count). The Bertz CT molecular complexity index is 871. The van der Waals surface area contributed by atoms with Crippen LogP contribution < -0.4 is 0 Å². The number of hydrogen-bond donors (Lipinski definition) is 0. The number of benzene rings is 1. The van der Waals surface area contributed by atoms with Gasteiger partial charge in [0.1, 0.15) is 6.54 Å². The average Bonchev–Trinajstić information content (AvgIpc) is 3.29. The second-order valence-corrected chi connectivity index (χ2v) is 7.91. The summed E-state index contributed by atoms with van der Waals surface area (Å²) in [5.41, 5.74) is 0.783. The molecule has 0 saturated carbocycles. The van der Waals surface area contributed by atoms with Crippen LogP contribution in [0.4, 0.5) is 13.2 Å². The van der Waals surface area contributed by atoms with Gasteiger partial charge in [-0.3, -0.25) is 9.69 Å². The molecule has 2 atom stereocenters. The standard InChI is InChI=1S/C19H20ClF3N4O2/c20-14-5-3-12(4-6-14)16-24-17(29-25-16)13-2-1-8-26(10-13)15-7-9-27(18(15)28)11-19(21,22)23/h3-6,13,15H,1-2,7-11H2. The van der Waals surface area contributed by atoms with Crippen molar-refractivity contribution in [3.8, 4) is 11.4 Å². The molecule has 2 fully saturated rings. The summed E-state index contributed by atoms with van der Waals surface area (Å²) in [5, 5.41) is 4.65. The van der Waals surface area contributed by atoms with Crippen LogP contribution in [0, 0.1) is 0 Å². The zero-order valence-corrected chi connectivity index (χ0v) is 16.3. The number of nitrogens with zero attached hydrogens (tertiary/aromatic N) is 4. The number of aromatic nitrogens is 2. The third kappa shape index (κ3) is 4.56. The normalized spacial score (nSPS) is 23.7. The summed E-state index contributed by atoms with van der Waals surface area (Å²) in [4.78, 5) is 19.8. The van der Waals surface area contributed by atoms with Crippen molar-refractivity contribution in [2.24, 2.45) is 0 Å². The van der Waals surface area contributed by atoms with E-state index in [2.05, 4.69) is 10.1 Å². The molecule has 3 heterocycles. The van der Waals surface area contributed by atoms with Gasteiger partial charge in [-0.1, -0.05) is 16.8 Å². The van der Waals surface area contributed by atoms with Crippen LogP contribution in [-0.4, -0.2) is 64.2 Å². The first-order valence-electron chi connectivity index (χ1n) is 9.49. The number of piperidine rings is 1. The fourth-order valence-corrected chi connectivity index (χ4v) is 4.17. The molecule has 2 aromatic rings. The van der Waals surface area contributed by atoms with E-state index in [-0.39, 0.29) is 12.5 Å². The Balaban J connectivity index is 1.43. The highest BCUT2D eigenvalue weighted by Gasteiger charge is 2.42. The molecule has 10 heteroatoms. The number of carbonyl (C=O) groups excluding carboxylic acids is 1. The summed E-state index contributed by atoms with van der Waals surface area (Å²) in [6.07, 6.45) is -2.34. The van der Waals surface area contributed by atoms with E-state index in [1.54, 1.807) is 24.3 Å². The molecular formula is C19H20ClF3N4O2. The lowest BCUT2D eigenvalue weighted by Crippen LogP contribution is -2.47. The molecule has 156 valence electrons. The predicted octanol–water partition coefficient (Wildman–Crippen LogP) is 3.73. The number of amides is 1. The molecule has 0 bridgehead atoms. The molecule has 0 spiro atoms. The lowest BCUT2D eigenvalue weighted by atomic mass is 9.96. The van der Waals surface area contributed by atoms with Gasteiger partial charge in [-0.05, 0) is 50.1 Å². The van der Waals surface area contributed by atoms with Gasteiger partial charge >= 0.3 is 6.18 Å². The van der Waals surface area contributed by atoms with E-state index in [9.17, 15) is 18.0 Å². The SMILES string of the molecule is O=C1C(N2CCCC(c3nc(-c4ccc(Cl)cc4)no3)C2)CCN1CC(F)(F)F. The van der Waals surface area contributed by atoms with Crippen LogP contribution >= 0.6 is 11.6 Å². The topological polar surface area (TPSA) is 62.5 Å². The highest BCUT2D eigenvalue weighted by atomic mass is 35.5. The second-order valence-electron chi connectivity index (χ2n) is 7.48. The van der Waals surface area contributed by atoms with Gasteiger partial charge in [0.2, 0.25) is 17.6 Å². The Morgan fingerprint density at radius 3 is 2.66 bits per heavy atom. The van der Waals surface area contributed by atoms with E-state index in [1.165, 1.54) is 0 Å². The molecule has 6 nitrogen and oxygen atoms in total. The van der Waals surface area contributed by atoms with Gasteiger partial charge in [-0.25, -0.2) is 0 Å². The molecular weight excluding hydrogens is 409 g/mol. The van der Waals surface area contributed by atoms with Gasteiger partial charge in [-0.2, -0.15) is 18.2 Å². The van der Waals surface area contributed by atoms with Crippen molar-refractivity contribution < 1.29 is 22.5 Å². The molecule has 29 heavy (non-hydrogen) atoms. The van der Waals surface area contributed by atoms with Crippen molar-refractivity contribution in [1.29, 1.82) is 0 Å². The quantitative estimate of drug-likeness (QED) is 0.742. The van der Waals surface area contributed by atoms with Gasteiger partial charge in [-0.15, -0.1) is 0 Å². The first-order valence-corrected chi connectivity index (χ1v) is 9.87. The van der Waals surface area contributed by atoms with Gasteiger partial charge in [0.15, 0.2) is 0 Å². The highest BCUT2D eigenvalue weighted by molar-refractivity contribution is 6.30. The fourth-order valence-electron chi connectivity index (χ4n) is 4.04. The Hall–Kier alpha value is -2.13. The Morgan fingerprint density at radius 1 is 1.17 bits per heavy atom. The number of likely N-dealkylation sites (tertiary alicyclic amines) is 2. The molecule has 1 aromatic carbocycles. The molecule has 0 radical (unpaired) electrons. The van der Waals surface area contributed by atoms with E-state index in [4.69, 9.17) is 16.1 Å². The molecule has 1 aromatic heterocycles. The van der Waals surface area contributed by atoms with E-state index in [0.29, 0.717) is 36.2 Å². The summed E-state index contributed by atoms with van der Waals surface area (Å²) in [7, 11) is 0. The Kier molecular flexibility index (Phi) is 5.52. The minimum absolute atomic E-state index is 0.0539. The summed E-state index contributed by atoms with van der Waals surface area (Å²) in [5.74, 6) is 0.441. The summed E-state index contributed by atoms with van der Waals surface area (Å²) in [6, 6.07) is 6.58. The molecule has 2 saturated heterocycles. The molecule has 0 N–H and O–H groups in total. The van der Waals surface area contributed by atoms with Gasteiger partial charge in [0.25, 0.3) is 0 Å². The first-order chi connectivity index (χ1) is 13.8. The van der Waals surface area contributed by atoms with Crippen molar-refractivity contribution >= 4 is 17.5 Å². The Morgan fingerprint density at radius 2 is 1.93 bits per heavy atom. The number of alkyl halides is 3. The maximum atomic E-state index is 12.7. The fraction of sp³-hybridized carbons (Fsp3) is 0.526. The van der Waals surface area contributed by atoms with E-state index in [0.717, 1.165) is 23.3 Å². The van der Waals surface area contributed by atoms with Gasteiger partial charge < -0.3 is 9.42 Å². The van der Waals surface area contributed by atoms with Crippen LogP contribution in [0.5, 0.6) is 0 Å². The number of rotatable bonds is 4. The zero-order valence-electron chi connectivity index (χ0n) is 15.5. The van der Waals surface area contributed by atoms with Crippen LogP contribution in [0.3, 0.4) is 0 Å². The molecule has 0 aliphatic carbocycles. The monoisotopic (exact) mass is 428 g/mol. The van der Waals surface area contributed by atoms with Crippen LogP contribution in [0.15, 0.2) is 28.8 Å². The third-order valence-electron chi connectivity index (χ3n) is 5.43. The second kappa shape index (κ2) is 7.95. The van der Waals surface area contributed by atoms with Crippen molar-refractivity contribution in [2.45, 2.75) is 37.4 Å².